The van der Waals surface area contributed by atoms with Crippen LogP contribution in [0.2, 0.25) is 0 Å². The second kappa shape index (κ2) is 7.26. The third kappa shape index (κ3) is 5.09. The Morgan fingerprint density at radius 1 is 1.04 bits per heavy atom. The van der Waals surface area contributed by atoms with Crippen molar-refractivity contribution < 1.29 is 22.4 Å². The second-order valence-electron chi connectivity index (χ2n) is 5.07. The molecule has 0 aromatic heterocycles. The maximum Gasteiger partial charge on any atom is 0.416 e. The van der Waals surface area contributed by atoms with Crippen LogP contribution in [0.1, 0.15) is 23.1 Å². The number of rotatable bonds is 5. The van der Waals surface area contributed by atoms with Crippen LogP contribution < -0.4 is 5.32 Å². The fraction of sp³-hybridized carbons (Fsp3) is 0.235. The molecule has 0 atom stereocenters. The molecule has 0 aliphatic carbocycles. The smallest absolute Gasteiger partial charge is 0.352 e. The number of aryl methyl sites for hydroxylation is 1. The Hall–Kier alpha value is -2.37. The lowest BCUT2D eigenvalue weighted by atomic mass is 10.1. The highest BCUT2D eigenvalue weighted by Crippen LogP contribution is 2.29. The molecular formula is C17H15F4NO. The zero-order chi connectivity index (χ0) is 16.9. The maximum absolute atomic E-state index is 13.4. The highest BCUT2D eigenvalue weighted by atomic mass is 19.4. The molecule has 122 valence electrons. The molecule has 23 heavy (non-hydrogen) atoms. The van der Waals surface area contributed by atoms with Crippen molar-refractivity contribution >= 4 is 5.91 Å². The van der Waals surface area contributed by atoms with E-state index in [-0.39, 0.29) is 31.1 Å². The Labute approximate surface area is 131 Å². The normalized spacial score (nSPS) is 11.3. The molecule has 0 heterocycles. The summed E-state index contributed by atoms with van der Waals surface area (Å²) in [5.41, 5.74) is 0.0383. The summed E-state index contributed by atoms with van der Waals surface area (Å²) in [5, 5.41) is 2.54. The summed E-state index contributed by atoms with van der Waals surface area (Å²) in [6, 6.07) is 10.9. The Morgan fingerprint density at radius 2 is 1.78 bits per heavy atom. The molecule has 2 nitrogen and oxygen atoms in total. The van der Waals surface area contributed by atoms with Crippen molar-refractivity contribution in [3.63, 3.8) is 0 Å². The summed E-state index contributed by atoms with van der Waals surface area (Å²) in [6.45, 7) is 0.0000250. The van der Waals surface area contributed by atoms with Crippen LogP contribution in [0, 0.1) is 5.82 Å². The molecule has 0 aliphatic heterocycles. The van der Waals surface area contributed by atoms with Crippen molar-refractivity contribution in [3.8, 4) is 0 Å². The van der Waals surface area contributed by atoms with Crippen LogP contribution in [0.15, 0.2) is 48.5 Å². The first-order chi connectivity index (χ1) is 10.9. The molecule has 6 heteroatoms. The Balaban J connectivity index is 1.86. The summed E-state index contributed by atoms with van der Waals surface area (Å²) < 4.78 is 51.2. The molecule has 0 unspecified atom stereocenters. The van der Waals surface area contributed by atoms with Crippen LogP contribution in [-0.2, 0) is 23.9 Å². The van der Waals surface area contributed by atoms with Crippen LogP contribution >= 0.6 is 0 Å². The van der Waals surface area contributed by atoms with Gasteiger partial charge in [-0.3, -0.25) is 4.79 Å². The first-order valence-electron chi connectivity index (χ1n) is 7.02. The zero-order valence-corrected chi connectivity index (χ0v) is 12.2. The first kappa shape index (κ1) is 17.0. The number of amides is 1. The standard InChI is InChI=1S/C17H15F4NO/c18-15-7-2-1-5-13(15)8-9-16(23)22-11-12-4-3-6-14(10-12)17(19,20)21/h1-7,10H,8-9,11H2,(H,22,23). The second-order valence-corrected chi connectivity index (χ2v) is 5.07. The van der Waals surface area contributed by atoms with Crippen LogP contribution in [-0.4, -0.2) is 5.91 Å². The van der Waals surface area contributed by atoms with Gasteiger partial charge in [-0.2, -0.15) is 13.2 Å². The summed E-state index contributed by atoms with van der Waals surface area (Å²) in [6.07, 6.45) is -4.11. The van der Waals surface area contributed by atoms with E-state index in [1.807, 2.05) is 0 Å². The van der Waals surface area contributed by atoms with Crippen molar-refractivity contribution in [2.75, 3.05) is 0 Å². The number of alkyl halides is 3. The molecular weight excluding hydrogens is 310 g/mol. The van der Waals surface area contributed by atoms with Gasteiger partial charge in [-0.05, 0) is 35.7 Å². The lowest BCUT2D eigenvalue weighted by Crippen LogP contribution is -2.23. The average Bonchev–Trinajstić information content (AvgIpc) is 2.51. The largest absolute Gasteiger partial charge is 0.416 e. The Bertz CT molecular complexity index is 682. The van der Waals surface area contributed by atoms with Crippen molar-refractivity contribution in [2.24, 2.45) is 0 Å². The van der Waals surface area contributed by atoms with Crippen molar-refractivity contribution in [1.82, 2.24) is 5.32 Å². The van der Waals surface area contributed by atoms with Gasteiger partial charge >= 0.3 is 6.18 Å². The minimum absolute atomic E-state index is 0.0000250. The van der Waals surface area contributed by atoms with Gasteiger partial charge in [0.05, 0.1) is 5.56 Å². The van der Waals surface area contributed by atoms with Crippen molar-refractivity contribution in [2.45, 2.75) is 25.6 Å². The van der Waals surface area contributed by atoms with E-state index in [0.29, 0.717) is 11.1 Å². The van der Waals surface area contributed by atoms with E-state index in [9.17, 15) is 22.4 Å². The SMILES string of the molecule is O=C(CCc1ccccc1F)NCc1cccc(C(F)(F)F)c1. The summed E-state index contributed by atoms with van der Waals surface area (Å²) in [5.74, 6) is -0.719. The lowest BCUT2D eigenvalue weighted by molar-refractivity contribution is -0.137. The summed E-state index contributed by atoms with van der Waals surface area (Å²) in [4.78, 5) is 11.7. The van der Waals surface area contributed by atoms with E-state index in [2.05, 4.69) is 5.32 Å². The molecule has 0 saturated carbocycles. The quantitative estimate of drug-likeness (QED) is 0.824. The van der Waals surface area contributed by atoms with Gasteiger partial charge in [-0.1, -0.05) is 30.3 Å². The summed E-state index contributed by atoms with van der Waals surface area (Å²) in [7, 11) is 0. The third-order valence-corrected chi connectivity index (χ3v) is 3.32. The predicted octanol–water partition coefficient (Wildman–Crippen LogP) is 4.09. The predicted molar refractivity (Wildman–Crippen MR) is 78.0 cm³/mol. The number of nitrogens with one attached hydrogen (secondary N) is 1. The molecule has 0 bridgehead atoms. The van der Waals surface area contributed by atoms with E-state index in [4.69, 9.17) is 0 Å². The Morgan fingerprint density at radius 3 is 2.48 bits per heavy atom. The number of carbonyl (C=O) groups excluding carboxylic acids is 1. The zero-order valence-electron chi connectivity index (χ0n) is 12.2. The highest BCUT2D eigenvalue weighted by molar-refractivity contribution is 5.76. The summed E-state index contributed by atoms with van der Waals surface area (Å²) >= 11 is 0. The highest BCUT2D eigenvalue weighted by Gasteiger charge is 2.30. The number of hydrogen-bond acceptors (Lipinski definition) is 1. The topological polar surface area (TPSA) is 29.1 Å². The van der Waals surface area contributed by atoms with Gasteiger partial charge < -0.3 is 5.32 Å². The van der Waals surface area contributed by atoms with Crippen LogP contribution in [0.5, 0.6) is 0 Å². The molecule has 0 saturated heterocycles. The van der Waals surface area contributed by atoms with Crippen LogP contribution in [0.4, 0.5) is 17.6 Å². The lowest BCUT2D eigenvalue weighted by Gasteiger charge is -2.10. The third-order valence-electron chi connectivity index (χ3n) is 3.32. The number of halogens is 4. The van der Waals surface area contributed by atoms with Gasteiger partial charge in [0, 0.05) is 13.0 Å². The van der Waals surface area contributed by atoms with Gasteiger partial charge in [0.25, 0.3) is 0 Å². The molecule has 2 rings (SSSR count). The van der Waals surface area contributed by atoms with Gasteiger partial charge in [-0.15, -0.1) is 0 Å². The number of carbonyl (C=O) groups is 1. The number of hydrogen-bond donors (Lipinski definition) is 1. The molecule has 1 amide bonds. The molecule has 2 aromatic rings. The van der Waals surface area contributed by atoms with Gasteiger partial charge in [0.15, 0.2) is 0 Å². The molecule has 0 spiro atoms. The van der Waals surface area contributed by atoms with Crippen molar-refractivity contribution in [1.29, 1.82) is 0 Å². The van der Waals surface area contributed by atoms with E-state index in [1.54, 1.807) is 18.2 Å². The molecule has 0 aliphatic rings. The maximum atomic E-state index is 13.4. The minimum Gasteiger partial charge on any atom is -0.352 e. The van der Waals surface area contributed by atoms with E-state index >= 15 is 0 Å². The molecule has 0 radical (unpaired) electrons. The average molecular weight is 325 g/mol. The van der Waals surface area contributed by atoms with Crippen molar-refractivity contribution in [3.05, 3.63) is 71.0 Å². The fourth-order valence-electron chi connectivity index (χ4n) is 2.10. The monoisotopic (exact) mass is 325 g/mol. The van der Waals surface area contributed by atoms with Crippen LogP contribution in [0.25, 0.3) is 0 Å². The van der Waals surface area contributed by atoms with Crippen LogP contribution in [0.3, 0.4) is 0 Å². The molecule has 1 N–H and O–H groups in total. The fourth-order valence-corrected chi connectivity index (χ4v) is 2.10. The van der Waals surface area contributed by atoms with Gasteiger partial charge in [0.1, 0.15) is 5.82 Å². The minimum atomic E-state index is -4.41. The molecule has 0 fully saturated rings. The van der Waals surface area contributed by atoms with E-state index in [0.717, 1.165) is 12.1 Å². The van der Waals surface area contributed by atoms with Gasteiger partial charge in [-0.25, -0.2) is 4.39 Å². The van der Waals surface area contributed by atoms with E-state index < -0.39 is 11.7 Å². The Kier molecular flexibility index (Phi) is 5.36. The number of benzene rings is 2. The van der Waals surface area contributed by atoms with E-state index in [1.165, 1.54) is 18.2 Å². The molecule has 2 aromatic carbocycles. The van der Waals surface area contributed by atoms with Gasteiger partial charge in [0.2, 0.25) is 5.91 Å². The first-order valence-corrected chi connectivity index (χ1v) is 7.02.